The minimum atomic E-state index is -0.0729. The molecular formula is C15H21BrN4OS. The van der Waals surface area contributed by atoms with Crippen LogP contribution in [0.2, 0.25) is 0 Å². The van der Waals surface area contributed by atoms with Crippen molar-refractivity contribution in [1.82, 2.24) is 9.97 Å². The molecular weight excluding hydrogens is 364 g/mol. The number of aryl methyl sites for hydroxylation is 1. The molecule has 3 heterocycles. The monoisotopic (exact) mass is 384 g/mol. The van der Waals surface area contributed by atoms with Gasteiger partial charge in [-0.1, -0.05) is 0 Å². The second-order valence-corrected chi connectivity index (χ2v) is 7.22. The number of anilines is 1. The molecule has 0 atom stereocenters. The molecule has 5 nitrogen and oxygen atoms in total. The minimum absolute atomic E-state index is 0. The molecule has 22 heavy (non-hydrogen) atoms. The van der Waals surface area contributed by atoms with Crippen LogP contribution >= 0.6 is 27.3 Å². The summed E-state index contributed by atoms with van der Waals surface area (Å²) in [7, 11) is 0. The highest BCUT2D eigenvalue weighted by atomic mass is 79.9. The van der Waals surface area contributed by atoms with E-state index in [2.05, 4.69) is 30.8 Å². The number of nitrogens with zero attached hydrogens (tertiary/aromatic N) is 3. The zero-order valence-electron chi connectivity index (χ0n) is 12.3. The molecule has 0 bridgehead atoms. The predicted octanol–water partition coefficient (Wildman–Crippen LogP) is 3.26. The standard InChI is InChI=1S/C15H17BrN4OS.2H2/c1-9-12(6-10(16)7-18-9)14(21)15-19-13(8-22-15)20-4-2-11(17)3-5-20;;/h6-8,11H,2-5,17H2,1H3;2*1H. The van der Waals surface area contributed by atoms with Crippen molar-refractivity contribution in [2.24, 2.45) is 5.73 Å². The molecule has 1 aliphatic heterocycles. The first-order valence-electron chi connectivity index (χ1n) is 7.17. The van der Waals surface area contributed by atoms with E-state index in [1.807, 2.05) is 12.3 Å². The summed E-state index contributed by atoms with van der Waals surface area (Å²) < 4.78 is 0.795. The summed E-state index contributed by atoms with van der Waals surface area (Å²) in [5, 5.41) is 2.46. The molecule has 0 aromatic carbocycles. The van der Waals surface area contributed by atoms with E-state index in [9.17, 15) is 4.79 Å². The van der Waals surface area contributed by atoms with Crippen LogP contribution in [-0.4, -0.2) is 34.9 Å². The van der Waals surface area contributed by atoms with Gasteiger partial charge in [0.05, 0.1) is 0 Å². The Balaban J connectivity index is 0.00000144. The van der Waals surface area contributed by atoms with Crippen molar-refractivity contribution in [3.8, 4) is 0 Å². The van der Waals surface area contributed by atoms with Crippen molar-refractivity contribution < 1.29 is 7.65 Å². The Labute approximate surface area is 144 Å². The molecule has 1 saturated heterocycles. The van der Waals surface area contributed by atoms with Gasteiger partial charge in [-0.25, -0.2) is 4.98 Å². The first-order chi connectivity index (χ1) is 10.5. The van der Waals surface area contributed by atoms with Crippen LogP contribution in [0.1, 0.15) is 36.8 Å². The summed E-state index contributed by atoms with van der Waals surface area (Å²) in [6.07, 6.45) is 3.63. The van der Waals surface area contributed by atoms with Crippen LogP contribution in [0.25, 0.3) is 0 Å². The average molecular weight is 385 g/mol. The molecule has 2 aromatic heterocycles. The van der Waals surface area contributed by atoms with Crippen LogP contribution in [0.5, 0.6) is 0 Å². The number of carbonyl (C=O) groups excluding carboxylic acids is 1. The van der Waals surface area contributed by atoms with Gasteiger partial charge in [-0.3, -0.25) is 9.78 Å². The van der Waals surface area contributed by atoms with E-state index in [0.717, 1.165) is 36.2 Å². The summed E-state index contributed by atoms with van der Waals surface area (Å²) in [6.45, 7) is 3.63. The van der Waals surface area contributed by atoms with Crippen molar-refractivity contribution in [2.75, 3.05) is 18.0 Å². The van der Waals surface area contributed by atoms with E-state index in [1.165, 1.54) is 11.3 Å². The van der Waals surface area contributed by atoms with Gasteiger partial charge in [0.25, 0.3) is 0 Å². The number of carbonyl (C=O) groups is 1. The van der Waals surface area contributed by atoms with Crippen LogP contribution in [-0.2, 0) is 0 Å². The molecule has 0 aliphatic carbocycles. The number of pyridine rings is 1. The number of nitrogens with two attached hydrogens (primary N) is 1. The first-order valence-corrected chi connectivity index (χ1v) is 8.85. The van der Waals surface area contributed by atoms with Crippen LogP contribution in [0.4, 0.5) is 5.82 Å². The van der Waals surface area contributed by atoms with Crippen LogP contribution in [0, 0.1) is 6.92 Å². The molecule has 3 rings (SSSR count). The predicted molar refractivity (Wildman–Crippen MR) is 95.9 cm³/mol. The number of ketones is 1. The maximum Gasteiger partial charge on any atom is 0.223 e. The van der Waals surface area contributed by atoms with Crippen molar-refractivity contribution in [3.63, 3.8) is 0 Å². The lowest BCUT2D eigenvalue weighted by atomic mass is 10.1. The maximum absolute atomic E-state index is 12.6. The zero-order chi connectivity index (χ0) is 15.7. The third kappa shape index (κ3) is 3.21. The van der Waals surface area contributed by atoms with Gasteiger partial charge in [-0.15, -0.1) is 11.3 Å². The van der Waals surface area contributed by atoms with Gasteiger partial charge in [0.2, 0.25) is 5.78 Å². The van der Waals surface area contributed by atoms with Crippen molar-refractivity contribution in [1.29, 1.82) is 0 Å². The Kier molecular flexibility index (Phi) is 4.56. The second-order valence-electron chi connectivity index (χ2n) is 5.45. The van der Waals surface area contributed by atoms with E-state index < -0.39 is 0 Å². The van der Waals surface area contributed by atoms with Crippen LogP contribution < -0.4 is 10.6 Å². The normalized spacial score (nSPS) is 16.0. The first kappa shape index (κ1) is 15.6. The fraction of sp³-hybridized carbons (Fsp3) is 0.400. The highest BCUT2D eigenvalue weighted by Crippen LogP contribution is 2.25. The van der Waals surface area contributed by atoms with Crippen LogP contribution in [0.15, 0.2) is 22.1 Å². The summed E-state index contributed by atoms with van der Waals surface area (Å²) in [6, 6.07) is 2.08. The molecule has 1 fully saturated rings. The van der Waals surface area contributed by atoms with Crippen molar-refractivity contribution in [2.45, 2.75) is 25.8 Å². The largest absolute Gasteiger partial charge is 0.356 e. The highest BCUT2D eigenvalue weighted by Gasteiger charge is 2.21. The maximum atomic E-state index is 12.6. The quantitative estimate of drug-likeness (QED) is 0.822. The Hall–Kier alpha value is -1.31. The molecule has 120 valence electrons. The molecule has 0 spiro atoms. The van der Waals surface area contributed by atoms with Gasteiger partial charge in [0, 0.05) is 49.3 Å². The fourth-order valence-electron chi connectivity index (χ4n) is 2.50. The molecule has 7 heteroatoms. The zero-order valence-corrected chi connectivity index (χ0v) is 14.7. The number of aromatic nitrogens is 2. The smallest absolute Gasteiger partial charge is 0.223 e. The molecule has 0 saturated carbocycles. The molecule has 0 radical (unpaired) electrons. The molecule has 0 unspecified atom stereocenters. The Morgan fingerprint density at radius 3 is 2.95 bits per heavy atom. The number of thiazole rings is 1. The number of hydrogen-bond acceptors (Lipinski definition) is 6. The summed E-state index contributed by atoms with van der Waals surface area (Å²) in [5.74, 6) is 0.803. The van der Waals surface area contributed by atoms with Gasteiger partial charge in [0.1, 0.15) is 5.82 Å². The number of hydrogen-bond donors (Lipinski definition) is 1. The van der Waals surface area contributed by atoms with Crippen molar-refractivity contribution >= 4 is 38.9 Å². The van der Waals surface area contributed by atoms with E-state index in [0.29, 0.717) is 16.3 Å². The minimum Gasteiger partial charge on any atom is -0.356 e. The van der Waals surface area contributed by atoms with E-state index in [4.69, 9.17) is 5.73 Å². The Bertz CT molecular complexity index is 705. The number of piperidine rings is 1. The van der Waals surface area contributed by atoms with Gasteiger partial charge in [0.15, 0.2) is 5.01 Å². The Morgan fingerprint density at radius 2 is 2.23 bits per heavy atom. The number of halogens is 1. The van der Waals surface area contributed by atoms with Crippen molar-refractivity contribution in [3.05, 3.63) is 38.4 Å². The molecule has 2 N–H and O–H groups in total. The molecule has 0 amide bonds. The van der Waals surface area contributed by atoms with E-state index in [-0.39, 0.29) is 14.7 Å². The number of rotatable bonds is 3. The third-order valence-electron chi connectivity index (χ3n) is 3.85. The summed E-state index contributed by atoms with van der Waals surface area (Å²) in [5.41, 5.74) is 7.24. The molecule has 2 aromatic rings. The topological polar surface area (TPSA) is 72.1 Å². The summed E-state index contributed by atoms with van der Waals surface area (Å²) >= 11 is 4.74. The SMILES string of the molecule is Cc1ncc(Br)cc1C(=O)c1nc(N2CCC(N)CC2)cs1.[HH].[HH]. The lowest BCUT2D eigenvalue weighted by molar-refractivity contribution is 0.103. The third-order valence-corrected chi connectivity index (χ3v) is 5.11. The van der Waals surface area contributed by atoms with E-state index >= 15 is 0 Å². The summed E-state index contributed by atoms with van der Waals surface area (Å²) in [4.78, 5) is 23.5. The van der Waals surface area contributed by atoms with Gasteiger partial charge < -0.3 is 10.6 Å². The molecule has 1 aliphatic rings. The van der Waals surface area contributed by atoms with E-state index in [1.54, 1.807) is 12.3 Å². The second kappa shape index (κ2) is 6.44. The van der Waals surface area contributed by atoms with Crippen LogP contribution in [0.3, 0.4) is 0 Å². The van der Waals surface area contributed by atoms with Gasteiger partial charge in [-0.2, -0.15) is 0 Å². The lowest BCUT2D eigenvalue weighted by Crippen LogP contribution is -2.39. The highest BCUT2D eigenvalue weighted by molar-refractivity contribution is 9.10. The average Bonchev–Trinajstić information content (AvgIpc) is 2.99. The fourth-order valence-corrected chi connectivity index (χ4v) is 3.61. The van der Waals surface area contributed by atoms with Gasteiger partial charge in [-0.05, 0) is 41.8 Å². The Morgan fingerprint density at radius 1 is 1.50 bits per heavy atom. The van der Waals surface area contributed by atoms with Gasteiger partial charge >= 0.3 is 0 Å². The lowest BCUT2D eigenvalue weighted by Gasteiger charge is -2.30.